The van der Waals surface area contributed by atoms with Crippen LogP contribution in [0.3, 0.4) is 0 Å². The van der Waals surface area contributed by atoms with Crippen molar-refractivity contribution in [3.8, 4) is 0 Å². The van der Waals surface area contributed by atoms with Gasteiger partial charge in [0, 0.05) is 95.8 Å². The highest BCUT2D eigenvalue weighted by Crippen LogP contribution is 2.57. The average molecular weight is 979 g/mol. The number of aryl methyl sites for hydroxylation is 2. The van der Waals surface area contributed by atoms with Gasteiger partial charge in [-0.3, -0.25) is 14.5 Å². The topological polar surface area (TPSA) is 89.6 Å². The molecule has 2 N–H and O–H groups in total. The molecule has 10 nitrogen and oxygen atoms in total. The molecule has 8 heterocycles. The van der Waals surface area contributed by atoms with Gasteiger partial charge in [0.1, 0.15) is 0 Å². The summed E-state index contributed by atoms with van der Waals surface area (Å²) in [6.07, 6.45) is 23.9. The fourth-order valence-electron chi connectivity index (χ4n) is 14.1. The Hall–Kier alpha value is -4.46. The highest BCUT2D eigenvalue weighted by molar-refractivity contribution is 8.76. The van der Waals surface area contributed by atoms with Gasteiger partial charge >= 0.3 is 0 Å². The molecule has 70 heavy (non-hydrogen) atoms. The van der Waals surface area contributed by atoms with Crippen LogP contribution in [0.25, 0.3) is 6.08 Å². The van der Waals surface area contributed by atoms with Crippen LogP contribution in [-0.2, 0) is 33.1 Å². The lowest BCUT2D eigenvalue weighted by Gasteiger charge is -2.46. The number of fused-ring (bicyclic) bond motifs is 6. The second-order valence-electron chi connectivity index (χ2n) is 22.1. The Morgan fingerprint density at radius 3 is 1.84 bits per heavy atom. The van der Waals surface area contributed by atoms with Crippen molar-refractivity contribution in [1.29, 1.82) is 0 Å². The minimum Gasteiger partial charge on any atom is -0.371 e. The number of carbonyl (C=O) groups is 2. The van der Waals surface area contributed by atoms with Gasteiger partial charge < -0.3 is 34.8 Å². The van der Waals surface area contributed by atoms with Gasteiger partial charge in [-0.25, -0.2) is 0 Å². The van der Waals surface area contributed by atoms with E-state index in [1.165, 1.54) is 92.7 Å². The van der Waals surface area contributed by atoms with Crippen molar-refractivity contribution < 1.29 is 19.1 Å². The molecule has 0 aromatic heterocycles. The number of carbonyl (C=O) groups excluding carboxylic acids is 2. The number of nitrogens with one attached hydrogen (secondary N) is 2. The van der Waals surface area contributed by atoms with Gasteiger partial charge in [-0.05, 0) is 164 Å². The van der Waals surface area contributed by atoms with Gasteiger partial charge in [0.15, 0.2) is 11.4 Å². The minimum absolute atomic E-state index is 0.0571. The third-order valence-corrected chi connectivity index (χ3v) is 19.9. The van der Waals surface area contributed by atoms with Crippen LogP contribution in [0.2, 0.25) is 0 Å². The normalized spacial score (nSPS) is 27.7. The fraction of sp³-hybridized carbons (Fsp3) is 0.517. The lowest BCUT2D eigenvalue weighted by molar-refractivity contribution is -0.000356. The number of amides is 2. The van der Waals surface area contributed by atoms with E-state index in [-0.39, 0.29) is 22.6 Å². The van der Waals surface area contributed by atoms with E-state index in [2.05, 4.69) is 131 Å². The summed E-state index contributed by atoms with van der Waals surface area (Å²) in [5.41, 5.74) is 12.6. The van der Waals surface area contributed by atoms with E-state index in [0.29, 0.717) is 49.4 Å². The quantitative estimate of drug-likeness (QED) is 0.128. The molecule has 0 saturated carbocycles. The number of rotatable bonds is 13. The van der Waals surface area contributed by atoms with Gasteiger partial charge in [-0.15, -0.1) is 0 Å². The van der Waals surface area contributed by atoms with Gasteiger partial charge in [0.05, 0.1) is 13.2 Å². The molecule has 12 heteroatoms. The maximum atomic E-state index is 13.5. The van der Waals surface area contributed by atoms with Crippen molar-refractivity contribution >= 4 is 56.5 Å². The summed E-state index contributed by atoms with van der Waals surface area (Å²) in [7, 11) is 3.43. The summed E-state index contributed by atoms with van der Waals surface area (Å²) in [4.78, 5) is 37.2. The average Bonchev–Trinajstić information content (AvgIpc) is 4.10. The molecule has 0 radical (unpaired) electrons. The first-order valence-electron chi connectivity index (χ1n) is 26.4. The zero-order valence-corrected chi connectivity index (χ0v) is 43.3. The number of anilines is 3. The number of piperidine rings is 2. The number of hydrogen-bond acceptors (Lipinski definition) is 10. The van der Waals surface area contributed by atoms with Crippen molar-refractivity contribution in [2.75, 3.05) is 91.8 Å². The number of benzene rings is 3. The molecule has 1 aliphatic carbocycles. The zero-order chi connectivity index (χ0) is 47.8. The Balaban J connectivity index is 0.621. The molecule has 12 rings (SSSR count). The number of allylic oxidation sites excluding steroid dienone is 3. The molecule has 8 aliphatic heterocycles. The van der Waals surface area contributed by atoms with E-state index in [1.54, 1.807) is 27.2 Å². The van der Waals surface area contributed by atoms with Crippen LogP contribution in [-0.4, -0.2) is 111 Å². The standard InChI is InChI=1S/C58H70N6O4S2/c1-55(2)47-37-45(13-15-49(47)63-27-29-67-57(55,63)19-17-39-33-41-9-5-23-61-24-6-10-42(34-39)51(41)61)53(65)59-21-31-69-70-32-22-60-54(66)46-14-16-50-48(38-46)56(3,4)58(64(50)28-30-68-58)20-18-40-35-43-11-7-25-62-26-8-12-44(36-40)52(43)62/h13-20,33-38,41,51H,5-12,21-32H2,1-4H3,(H,59,65)(H,60,66)/b19-17+,20-18+. The molecule has 368 valence electrons. The van der Waals surface area contributed by atoms with Crippen molar-refractivity contribution in [3.63, 3.8) is 0 Å². The van der Waals surface area contributed by atoms with Crippen molar-refractivity contribution in [2.45, 2.75) is 107 Å². The predicted molar refractivity (Wildman–Crippen MR) is 288 cm³/mol. The van der Waals surface area contributed by atoms with Crippen molar-refractivity contribution in [2.24, 2.45) is 5.92 Å². The molecule has 4 saturated heterocycles. The van der Waals surface area contributed by atoms with Crippen LogP contribution in [0.5, 0.6) is 0 Å². The molecule has 0 bridgehead atoms. The second-order valence-corrected chi connectivity index (χ2v) is 24.8. The van der Waals surface area contributed by atoms with Crippen molar-refractivity contribution in [1.82, 2.24) is 15.5 Å². The Bertz CT molecular complexity index is 2690. The van der Waals surface area contributed by atoms with Gasteiger partial charge in [-0.2, -0.15) is 0 Å². The summed E-state index contributed by atoms with van der Waals surface area (Å²) < 4.78 is 13.4. The first-order valence-corrected chi connectivity index (χ1v) is 28.8. The van der Waals surface area contributed by atoms with E-state index < -0.39 is 11.4 Å². The molecule has 4 unspecified atom stereocenters. The van der Waals surface area contributed by atoms with Crippen LogP contribution < -0.4 is 25.3 Å². The molecule has 4 atom stereocenters. The van der Waals surface area contributed by atoms with Crippen LogP contribution in [0, 0.1) is 5.92 Å². The molecule has 9 aliphatic rings. The number of ether oxygens (including phenoxy) is 2. The smallest absolute Gasteiger partial charge is 0.251 e. The van der Waals surface area contributed by atoms with E-state index in [0.717, 1.165) is 59.9 Å². The molecule has 2 amide bonds. The maximum Gasteiger partial charge on any atom is 0.251 e. The second kappa shape index (κ2) is 18.2. The van der Waals surface area contributed by atoms with Crippen LogP contribution >= 0.6 is 21.6 Å². The maximum absolute atomic E-state index is 13.5. The molecular weight excluding hydrogens is 909 g/mol. The monoisotopic (exact) mass is 978 g/mol. The largest absolute Gasteiger partial charge is 0.371 e. The lowest BCUT2D eigenvalue weighted by Crippen LogP contribution is -2.51. The van der Waals surface area contributed by atoms with Gasteiger partial charge in [0.25, 0.3) is 11.8 Å². The first-order chi connectivity index (χ1) is 34.0. The van der Waals surface area contributed by atoms with Gasteiger partial charge in [0.2, 0.25) is 0 Å². The molecule has 3 aromatic rings. The number of hydrogen-bond donors (Lipinski definition) is 2. The summed E-state index contributed by atoms with van der Waals surface area (Å²) in [5.74, 6) is 2.02. The first kappa shape index (κ1) is 46.6. The van der Waals surface area contributed by atoms with Crippen LogP contribution in [0.15, 0.2) is 90.1 Å². The Labute approximate surface area is 423 Å². The number of nitrogens with zero attached hydrogens (tertiary/aromatic N) is 4. The van der Waals surface area contributed by atoms with E-state index in [9.17, 15) is 9.59 Å². The van der Waals surface area contributed by atoms with E-state index >= 15 is 0 Å². The summed E-state index contributed by atoms with van der Waals surface area (Å²) in [6, 6.07) is 17.7. The predicted octanol–water partition coefficient (Wildman–Crippen LogP) is 9.59. The molecule has 0 spiro atoms. The third-order valence-electron chi connectivity index (χ3n) is 17.5. The SMILES string of the molecule is CC1(C)c2cc(C(=O)NCCSSCCNC(=O)c3ccc4c(c3)C(C)(C)C3(/C=C/c5cc6c7c(c5)CCCN7CCC6)OCCN43)ccc2N2CCOC21/C=C/C1=CC2CCCN3CCCC(=C1)C23. The Morgan fingerprint density at radius 2 is 1.24 bits per heavy atom. The fourth-order valence-corrected chi connectivity index (χ4v) is 15.9. The lowest BCUT2D eigenvalue weighted by atomic mass is 9.75. The zero-order valence-electron chi connectivity index (χ0n) is 41.6. The van der Waals surface area contributed by atoms with E-state index in [4.69, 9.17) is 9.47 Å². The summed E-state index contributed by atoms with van der Waals surface area (Å²) in [6.45, 7) is 18.0. The highest BCUT2D eigenvalue weighted by Gasteiger charge is 2.60. The molecule has 3 aromatic carbocycles. The van der Waals surface area contributed by atoms with Crippen molar-refractivity contribution in [3.05, 3.63) is 129 Å². The molecular formula is C58H70N6O4S2. The summed E-state index contributed by atoms with van der Waals surface area (Å²) in [5, 5.41) is 6.31. The van der Waals surface area contributed by atoms with Crippen LogP contribution in [0.1, 0.15) is 115 Å². The summed E-state index contributed by atoms with van der Waals surface area (Å²) >= 11 is 0. The molecule has 4 fully saturated rings. The van der Waals surface area contributed by atoms with E-state index in [1.807, 2.05) is 12.1 Å². The Morgan fingerprint density at radius 1 is 0.686 bits per heavy atom. The van der Waals surface area contributed by atoms with Gasteiger partial charge in [-0.1, -0.05) is 79.2 Å². The third kappa shape index (κ3) is 7.62. The minimum atomic E-state index is -0.620. The highest BCUT2D eigenvalue weighted by atomic mass is 33.1. The van der Waals surface area contributed by atoms with Crippen LogP contribution in [0.4, 0.5) is 17.1 Å². The Kier molecular flexibility index (Phi) is 12.1.